The van der Waals surface area contributed by atoms with Crippen molar-refractivity contribution >= 4 is 15.9 Å². The SMILES string of the molecule is CC(C)CNC(=O)[C@H](C)Oc1ccc(S(=O)(=O)NCCC2=CCCCC2)cc1. The number of amides is 1. The number of hydrogen-bond acceptors (Lipinski definition) is 4. The molecule has 0 fully saturated rings. The molecule has 6 nitrogen and oxygen atoms in total. The minimum absolute atomic E-state index is 0.189. The number of rotatable bonds is 10. The molecule has 1 amide bonds. The van der Waals surface area contributed by atoms with E-state index in [1.54, 1.807) is 19.1 Å². The van der Waals surface area contributed by atoms with E-state index in [4.69, 9.17) is 4.74 Å². The van der Waals surface area contributed by atoms with E-state index in [2.05, 4.69) is 16.1 Å². The van der Waals surface area contributed by atoms with Crippen molar-refractivity contribution in [2.45, 2.75) is 63.9 Å². The number of carbonyl (C=O) groups excluding carboxylic acids is 1. The lowest BCUT2D eigenvalue weighted by Gasteiger charge is -2.16. The Balaban J connectivity index is 1.86. The molecule has 0 heterocycles. The zero-order valence-corrected chi connectivity index (χ0v) is 17.8. The van der Waals surface area contributed by atoms with Crippen LogP contribution in [0.25, 0.3) is 0 Å². The van der Waals surface area contributed by atoms with Crippen LogP contribution in [0, 0.1) is 5.92 Å². The molecule has 156 valence electrons. The fraction of sp³-hybridized carbons (Fsp3) is 0.571. The van der Waals surface area contributed by atoms with E-state index >= 15 is 0 Å². The number of sulfonamides is 1. The highest BCUT2D eigenvalue weighted by Gasteiger charge is 2.17. The van der Waals surface area contributed by atoms with E-state index in [0.717, 1.165) is 19.3 Å². The van der Waals surface area contributed by atoms with Crippen LogP contribution in [0.2, 0.25) is 0 Å². The molecule has 0 unspecified atom stereocenters. The average molecular weight is 409 g/mol. The number of nitrogens with one attached hydrogen (secondary N) is 2. The standard InChI is InChI=1S/C21H32N2O4S/c1-16(2)15-22-21(24)17(3)27-19-9-11-20(12-10-19)28(25,26)23-14-13-18-7-5-4-6-8-18/h7,9-12,16-17,23H,4-6,8,13-15H2,1-3H3,(H,22,24)/t17-/m0/s1. The molecule has 1 atom stereocenters. The number of allylic oxidation sites excluding steroid dienone is 1. The second kappa shape index (κ2) is 10.6. The van der Waals surface area contributed by atoms with Crippen molar-refractivity contribution in [3.05, 3.63) is 35.9 Å². The largest absolute Gasteiger partial charge is 0.481 e. The Bertz CT molecular complexity index is 770. The predicted molar refractivity (Wildman–Crippen MR) is 111 cm³/mol. The van der Waals surface area contributed by atoms with E-state index in [-0.39, 0.29) is 10.8 Å². The first-order valence-corrected chi connectivity index (χ1v) is 11.5. The van der Waals surface area contributed by atoms with E-state index < -0.39 is 16.1 Å². The molecule has 0 radical (unpaired) electrons. The Morgan fingerprint density at radius 2 is 1.86 bits per heavy atom. The topological polar surface area (TPSA) is 84.5 Å². The van der Waals surface area contributed by atoms with Crippen LogP contribution in [-0.4, -0.2) is 33.5 Å². The van der Waals surface area contributed by atoms with Crippen molar-refractivity contribution in [1.29, 1.82) is 0 Å². The van der Waals surface area contributed by atoms with E-state index in [1.165, 1.54) is 30.5 Å². The normalized spacial score (nSPS) is 15.8. The minimum Gasteiger partial charge on any atom is -0.481 e. The van der Waals surface area contributed by atoms with E-state index in [9.17, 15) is 13.2 Å². The summed E-state index contributed by atoms with van der Waals surface area (Å²) in [5, 5.41) is 2.81. The predicted octanol–water partition coefficient (Wildman–Crippen LogP) is 3.39. The molecule has 7 heteroatoms. The molecule has 0 saturated heterocycles. The fourth-order valence-corrected chi connectivity index (χ4v) is 4.00. The van der Waals surface area contributed by atoms with Gasteiger partial charge in [0.25, 0.3) is 5.91 Å². The summed E-state index contributed by atoms with van der Waals surface area (Å²) < 4.78 is 33.1. The van der Waals surface area contributed by atoms with Crippen LogP contribution in [0.4, 0.5) is 0 Å². The van der Waals surface area contributed by atoms with Gasteiger partial charge in [-0.25, -0.2) is 13.1 Å². The summed E-state index contributed by atoms with van der Waals surface area (Å²) in [7, 11) is -3.55. The van der Waals surface area contributed by atoms with Crippen molar-refractivity contribution in [1.82, 2.24) is 10.0 Å². The van der Waals surface area contributed by atoms with Crippen LogP contribution in [0.1, 0.15) is 52.9 Å². The number of carbonyl (C=O) groups is 1. The van der Waals surface area contributed by atoms with Crippen LogP contribution in [0.5, 0.6) is 5.75 Å². The van der Waals surface area contributed by atoms with Gasteiger partial charge in [0.2, 0.25) is 10.0 Å². The van der Waals surface area contributed by atoms with Gasteiger partial charge >= 0.3 is 0 Å². The molecule has 1 aliphatic carbocycles. The lowest BCUT2D eigenvalue weighted by Crippen LogP contribution is -2.38. The van der Waals surface area contributed by atoms with Crippen LogP contribution >= 0.6 is 0 Å². The summed E-state index contributed by atoms with van der Waals surface area (Å²) >= 11 is 0. The monoisotopic (exact) mass is 408 g/mol. The summed E-state index contributed by atoms with van der Waals surface area (Å²) in [5.41, 5.74) is 1.34. The molecule has 2 rings (SSSR count). The van der Waals surface area contributed by atoms with Crippen LogP contribution in [0.15, 0.2) is 40.8 Å². The maximum Gasteiger partial charge on any atom is 0.260 e. The molecule has 0 saturated carbocycles. The molecule has 1 aromatic carbocycles. The van der Waals surface area contributed by atoms with Gasteiger partial charge in [0.15, 0.2) is 6.10 Å². The maximum absolute atomic E-state index is 12.4. The van der Waals surface area contributed by atoms with E-state index in [1.807, 2.05) is 13.8 Å². The quantitative estimate of drug-likeness (QED) is 0.581. The summed E-state index contributed by atoms with van der Waals surface area (Å²) in [6.07, 6.45) is 6.90. The first kappa shape index (κ1) is 22.4. The first-order chi connectivity index (χ1) is 13.3. The molecule has 28 heavy (non-hydrogen) atoms. The Morgan fingerprint density at radius 3 is 2.46 bits per heavy atom. The summed E-state index contributed by atoms with van der Waals surface area (Å²) in [6.45, 7) is 6.70. The molecule has 0 aliphatic heterocycles. The molecule has 0 bridgehead atoms. The molecule has 0 spiro atoms. The highest BCUT2D eigenvalue weighted by molar-refractivity contribution is 7.89. The molecule has 0 aromatic heterocycles. The summed E-state index contributed by atoms with van der Waals surface area (Å²) in [5.74, 6) is 0.630. The first-order valence-electron chi connectivity index (χ1n) is 10.00. The molecule has 1 aromatic rings. The fourth-order valence-electron chi connectivity index (χ4n) is 2.96. The van der Waals surface area contributed by atoms with Crippen molar-refractivity contribution in [3.63, 3.8) is 0 Å². The lowest BCUT2D eigenvalue weighted by molar-refractivity contribution is -0.127. The van der Waals surface area contributed by atoms with Gasteiger partial charge in [-0.1, -0.05) is 25.5 Å². The molecule has 1 aliphatic rings. The lowest BCUT2D eigenvalue weighted by atomic mass is 9.97. The van der Waals surface area contributed by atoms with Gasteiger partial charge in [-0.05, 0) is 69.2 Å². The van der Waals surface area contributed by atoms with Gasteiger partial charge in [-0.2, -0.15) is 0 Å². The van der Waals surface area contributed by atoms with Crippen LogP contribution < -0.4 is 14.8 Å². The van der Waals surface area contributed by atoms with Gasteiger partial charge in [-0.3, -0.25) is 4.79 Å². The second-order valence-electron chi connectivity index (χ2n) is 7.63. The Labute approximate surface area is 168 Å². The second-order valence-corrected chi connectivity index (χ2v) is 9.39. The van der Waals surface area contributed by atoms with Gasteiger partial charge < -0.3 is 10.1 Å². The molecular formula is C21H32N2O4S. The highest BCUT2D eigenvalue weighted by Crippen LogP contribution is 2.20. The molecular weight excluding hydrogens is 376 g/mol. The minimum atomic E-state index is -3.55. The third-order valence-electron chi connectivity index (χ3n) is 4.62. The zero-order valence-electron chi connectivity index (χ0n) is 17.0. The number of hydrogen-bond donors (Lipinski definition) is 2. The number of benzene rings is 1. The van der Waals surface area contributed by atoms with Gasteiger partial charge in [-0.15, -0.1) is 0 Å². The Hall–Kier alpha value is -1.86. The van der Waals surface area contributed by atoms with Crippen molar-refractivity contribution in [2.24, 2.45) is 5.92 Å². The third-order valence-corrected chi connectivity index (χ3v) is 6.10. The third kappa shape index (κ3) is 7.28. The van der Waals surface area contributed by atoms with E-state index in [0.29, 0.717) is 24.8 Å². The summed E-state index contributed by atoms with van der Waals surface area (Å²) in [4.78, 5) is 12.2. The summed E-state index contributed by atoms with van der Waals surface area (Å²) in [6, 6.07) is 6.14. The van der Waals surface area contributed by atoms with Crippen molar-refractivity contribution in [2.75, 3.05) is 13.1 Å². The zero-order chi connectivity index (χ0) is 20.6. The van der Waals surface area contributed by atoms with Gasteiger partial charge in [0.05, 0.1) is 4.90 Å². The van der Waals surface area contributed by atoms with Crippen molar-refractivity contribution in [3.8, 4) is 5.75 Å². The average Bonchev–Trinajstić information content (AvgIpc) is 2.67. The van der Waals surface area contributed by atoms with Crippen molar-refractivity contribution < 1.29 is 17.9 Å². The molecule has 2 N–H and O–H groups in total. The van der Waals surface area contributed by atoms with Crippen LogP contribution in [0.3, 0.4) is 0 Å². The van der Waals surface area contributed by atoms with Gasteiger partial charge in [0.1, 0.15) is 5.75 Å². The Morgan fingerprint density at radius 1 is 1.14 bits per heavy atom. The van der Waals surface area contributed by atoms with Crippen LogP contribution in [-0.2, 0) is 14.8 Å². The maximum atomic E-state index is 12.4. The number of ether oxygens (including phenoxy) is 1. The Kier molecular flexibility index (Phi) is 8.51. The van der Waals surface area contributed by atoms with Gasteiger partial charge in [0, 0.05) is 13.1 Å². The smallest absolute Gasteiger partial charge is 0.260 e. The highest BCUT2D eigenvalue weighted by atomic mass is 32.2.